The summed E-state index contributed by atoms with van der Waals surface area (Å²) in [7, 11) is 0. The molecule has 0 amide bonds. The van der Waals surface area contributed by atoms with Crippen LogP contribution in [0.2, 0.25) is 0 Å². The molecule has 5 nitrogen and oxygen atoms in total. The molecule has 2 aromatic rings. The lowest BCUT2D eigenvalue weighted by atomic mass is 10.1. The molecule has 1 aromatic heterocycles. The van der Waals surface area contributed by atoms with Crippen LogP contribution in [-0.2, 0) is 11.2 Å². The minimum absolute atomic E-state index is 0.232. The van der Waals surface area contributed by atoms with Crippen molar-refractivity contribution in [1.29, 1.82) is 0 Å². The van der Waals surface area contributed by atoms with Gasteiger partial charge in [0.25, 0.3) is 0 Å². The fourth-order valence-electron chi connectivity index (χ4n) is 1.71. The van der Waals surface area contributed by atoms with E-state index >= 15 is 0 Å². The number of para-hydroxylation sites is 1. The SMILES string of the molecule is O=C(O)[C@@H](Cc1c[nH]c2ccccc12)NO. The normalized spacial score (nSPS) is 12.8. The van der Waals surface area contributed by atoms with Crippen molar-refractivity contribution in [3.05, 3.63) is 36.0 Å². The summed E-state index contributed by atoms with van der Waals surface area (Å²) in [6, 6.07) is 6.64. The van der Waals surface area contributed by atoms with Crippen molar-refractivity contribution in [1.82, 2.24) is 10.5 Å². The Morgan fingerprint density at radius 3 is 2.88 bits per heavy atom. The molecule has 0 saturated carbocycles. The van der Waals surface area contributed by atoms with Gasteiger partial charge in [0.05, 0.1) is 0 Å². The van der Waals surface area contributed by atoms with E-state index in [4.69, 9.17) is 10.3 Å². The second-order valence-electron chi connectivity index (χ2n) is 3.58. The summed E-state index contributed by atoms with van der Waals surface area (Å²) in [6.07, 6.45) is 1.99. The van der Waals surface area contributed by atoms with Crippen LogP contribution in [0.1, 0.15) is 5.56 Å². The standard InChI is InChI=1S/C11H12N2O3/c14-11(15)10(13-16)5-7-6-12-9-4-2-1-3-8(7)9/h1-4,6,10,12-13,16H,5H2,(H,14,15)/t10-/m1/s1. The summed E-state index contributed by atoms with van der Waals surface area (Å²) >= 11 is 0. The van der Waals surface area contributed by atoms with E-state index in [0.717, 1.165) is 16.5 Å². The largest absolute Gasteiger partial charge is 0.480 e. The van der Waals surface area contributed by atoms with Gasteiger partial charge < -0.3 is 15.3 Å². The van der Waals surface area contributed by atoms with Gasteiger partial charge in [-0.1, -0.05) is 18.2 Å². The quantitative estimate of drug-likeness (QED) is 0.582. The third kappa shape index (κ3) is 1.91. The lowest BCUT2D eigenvalue weighted by Crippen LogP contribution is -2.36. The Morgan fingerprint density at radius 1 is 1.44 bits per heavy atom. The van der Waals surface area contributed by atoms with E-state index in [1.807, 2.05) is 24.3 Å². The Labute approximate surface area is 91.7 Å². The molecule has 1 atom stereocenters. The summed E-state index contributed by atoms with van der Waals surface area (Å²) in [5.41, 5.74) is 3.61. The summed E-state index contributed by atoms with van der Waals surface area (Å²) in [5.74, 6) is -1.08. The van der Waals surface area contributed by atoms with Crippen LogP contribution in [0, 0.1) is 0 Å². The first kappa shape index (κ1) is 10.7. The maximum Gasteiger partial charge on any atom is 0.323 e. The average molecular weight is 220 g/mol. The molecule has 0 aliphatic carbocycles. The molecular formula is C11H12N2O3. The monoisotopic (exact) mass is 220 g/mol. The number of carboxylic acids is 1. The third-order valence-electron chi connectivity index (χ3n) is 2.55. The van der Waals surface area contributed by atoms with Crippen molar-refractivity contribution in [3.63, 3.8) is 0 Å². The van der Waals surface area contributed by atoms with Crippen LogP contribution in [0.25, 0.3) is 10.9 Å². The second-order valence-corrected chi connectivity index (χ2v) is 3.58. The molecule has 0 saturated heterocycles. The molecular weight excluding hydrogens is 208 g/mol. The van der Waals surface area contributed by atoms with Crippen molar-refractivity contribution in [3.8, 4) is 0 Å². The van der Waals surface area contributed by atoms with Gasteiger partial charge in [-0.05, 0) is 11.6 Å². The highest BCUT2D eigenvalue weighted by molar-refractivity contribution is 5.84. The molecule has 16 heavy (non-hydrogen) atoms. The Hall–Kier alpha value is -1.85. The highest BCUT2D eigenvalue weighted by Crippen LogP contribution is 2.18. The first-order chi connectivity index (χ1) is 7.72. The zero-order valence-electron chi connectivity index (χ0n) is 8.47. The van der Waals surface area contributed by atoms with Gasteiger partial charge >= 0.3 is 5.97 Å². The van der Waals surface area contributed by atoms with Gasteiger partial charge in [0, 0.05) is 23.5 Å². The zero-order chi connectivity index (χ0) is 11.5. The average Bonchev–Trinajstić information content (AvgIpc) is 2.69. The molecule has 0 unspecified atom stereocenters. The van der Waals surface area contributed by atoms with Gasteiger partial charge in [-0.15, -0.1) is 0 Å². The van der Waals surface area contributed by atoms with Crippen LogP contribution in [-0.4, -0.2) is 27.3 Å². The van der Waals surface area contributed by atoms with Gasteiger partial charge in [0.15, 0.2) is 0 Å². The number of rotatable bonds is 4. The third-order valence-corrected chi connectivity index (χ3v) is 2.55. The highest BCUT2D eigenvalue weighted by Gasteiger charge is 2.18. The van der Waals surface area contributed by atoms with E-state index in [-0.39, 0.29) is 6.42 Å². The molecule has 4 N–H and O–H groups in total. The summed E-state index contributed by atoms with van der Waals surface area (Å²) < 4.78 is 0. The van der Waals surface area contributed by atoms with Crippen LogP contribution >= 0.6 is 0 Å². The van der Waals surface area contributed by atoms with Gasteiger partial charge in [0.2, 0.25) is 0 Å². The minimum Gasteiger partial charge on any atom is -0.480 e. The van der Waals surface area contributed by atoms with Crippen LogP contribution in [0.5, 0.6) is 0 Å². The number of fused-ring (bicyclic) bond motifs is 1. The van der Waals surface area contributed by atoms with Crippen molar-refractivity contribution >= 4 is 16.9 Å². The number of hydroxylamine groups is 1. The molecule has 5 heteroatoms. The molecule has 1 aromatic carbocycles. The van der Waals surface area contributed by atoms with Gasteiger partial charge in [0.1, 0.15) is 6.04 Å². The Bertz CT molecular complexity index is 507. The Balaban J connectivity index is 2.30. The van der Waals surface area contributed by atoms with Gasteiger partial charge in [-0.25, -0.2) is 0 Å². The number of H-pyrrole nitrogens is 1. The first-order valence-corrected chi connectivity index (χ1v) is 4.90. The minimum atomic E-state index is -1.08. The molecule has 2 rings (SSSR count). The number of benzene rings is 1. The van der Waals surface area contributed by atoms with Gasteiger partial charge in [-0.2, -0.15) is 5.48 Å². The van der Waals surface area contributed by atoms with Crippen molar-refractivity contribution in [2.45, 2.75) is 12.5 Å². The predicted molar refractivity (Wildman–Crippen MR) is 58.3 cm³/mol. The molecule has 1 heterocycles. The van der Waals surface area contributed by atoms with Crippen LogP contribution in [0.15, 0.2) is 30.5 Å². The van der Waals surface area contributed by atoms with Crippen LogP contribution in [0.4, 0.5) is 0 Å². The summed E-state index contributed by atoms with van der Waals surface area (Å²) in [5, 5.41) is 18.5. The number of aromatic amines is 1. The van der Waals surface area contributed by atoms with E-state index < -0.39 is 12.0 Å². The number of hydrogen-bond donors (Lipinski definition) is 4. The van der Waals surface area contributed by atoms with Crippen molar-refractivity contribution in [2.75, 3.05) is 0 Å². The van der Waals surface area contributed by atoms with E-state index in [9.17, 15) is 4.79 Å². The Kier molecular flexibility index (Phi) is 2.89. The topological polar surface area (TPSA) is 85.3 Å². The fraction of sp³-hybridized carbons (Fsp3) is 0.182. The first-order valence-electron chi connectivity index (χ1n) is 4.90. The van der Waals surface area contributed by atoms with E-state index in [1.54, 1.807) is 11.7 Å². The lowest BCUT2D eigenvalue weighted by Gasteiger charge is -2.08. The highest BCUT2D eigenvalue weighted by atomic mass is 16.5. The molecule has 0 aliphatic rings. The van der Waals surface area contributed by atoms with Crippen LogP contribution in [0.3, 0.4) is 0 Å². The number of aliphatic carboxylic acids is 1. The van der Waals surface area contributed by atoms with E-state index in [2.05, 4.69) is 4.98 Å². The summed E-state index contributed by atoms with van der Waals surface area (Å²) in [4.78, 5) is 13.8. The van der Waals surface area contributed by atoms with E-state index in [1.165, 1.54) is 0 Å². The molecule has 0 spiro atoms. The maximum atomic E-state index is 10.8. The Morgan fingerprint density at radius 2 is 2.19 bits per heavy atom. The second kappa shape index (κ2) is 4.34. The number of aromatic nitrogens is 1. The molecule has 84 valence electrons. The number of carboxylic acid groups (broad SMARTS) is 1. The number of hydrogen-bond acceptors (Lipinski definition) is 3. The summed E-state index contributed by atoms with van der Waals surface area (Å²) in [6.45, 7) is 0. The zero-order valence-corrected chi connectivity index (χ0v) is 8.47. The smallest absolute Gasteiger partial charge is 0.323 e. The molecule has 0 radical (unpaired) electrons. The molecule has 0 fully saturated rings. The molecule has 0 bridgehead atoms. The predicted octanol–water partition coefficient (Wildman–Crippen LogP) is 1.14. The fourth-order valence-corrected chi connectivity index (χ4v) is 1.71. The van der Waals surface area contributed by atoms with Crippen molar-refractivity contribution in [2.24, 2.45) is 0 Å². The van der Waals surface area contributed by atoms with Crippen LogP contribution < -0.4 is 5.48 Å². The van der Waals surface area contributed by atoms with Gasteiger partial charge in [-0.3, -0.25) is 4.79 Å². The maximum absolute atomic E-state index is 10.8. The number of carbonyl (C=O) groups is 1. The molecule has 0 aliphatic heterocycles. The van der Waals surface area contributed by atoms with E-state index in [0.29, 0.717) is 0 Å². The van der Waals surface area contributed by atoms with Crippen molar-refractivity contribution < 1.29 is 15.1 Å². The lowest BCUT2D eigenvalue weighted by molar-refractivity contribution is -0.142. The number of nitrogens with one attached hydrogen (secondary N) is 2.